The Morgan fingerprint density at radius 1 is 1.29 bits per heavy atom. The first-order valence-electron chi connectivity index (χ1n) is 8.01. The van der Waals surface area contributed by atoms with E-state index in [1.54, 1.807) is 23.1 Å². The van der Waals surface area contributed by atoms with Gasteiger partial charge in [-0.1, -0.05) is 12.1 Å². The Bertz CT molecular complexity index is 669. The summed E-state index contributed by atoms with van der Waals surface area (Å²) in [5, 5.41) is 6.14. The van der Waals surface area contributed by atoms with E-state index in [4.69, 9.17) is 0 Å². The monoisotopic (exact) mass is 362 g/mol. The van der Waals surface area contributed by atoms with E-state index in [-0.39, 0.29) is 11.9 Å². The molecule has 0 radical (unpaired) electrons. The molecule has 5 nitrogen and oxygen atoms in total. The molecule has 1 amide bonds. The molecule has 0 unspecified atom stereocenters. The molecule has 128 valence electrons. The summed E-state index contributed by atoms with van der Waals surface area (Å²) in [6, 6.07) is 7.78. The van der Waals surface area contributed by atoms with Gasteiger partial charge < -0.3 is 10.2 Å². The molecule has 7 heteroatoms. The van der Waals surface area contributed by atoms with Gasteiger partial charge in [-0.25, -0.2) is 4.98 Å². The highest BCUT2D eigenvalue weighted by Gasteiger charge is 2.26. The van der Waals surface area contributed by atoms with Crippen molar-refractivity contribution < 1.29 is 4.79 Å². The standard InChI is InChI=1S/C17H22N4OS2/c1-13(16(22)19-14-5-3-4-6-15(14)23-2)20-8-10-21(11-9-20)17-18-7-12-24-17/h3-7,12-13H,8-11H2,1-2H3,(H,19,22)/t13-/m1/s1. The van der Waals surface area contributed by atoms with Gasteiger partial charge in [0, 0.05) is 42.7 Å². The minimum absolute atomic E-state index is 0.0548. The van der Waals surface area contributed by atoms with E-state index in [0.29, 0.717) is 0 Å². The van der Waals surface area contributed by atoms with Crippen molar-refractivity contribution in [1.82, 2.24) is 9.88 Å². The van der Waals surface area contributed by atoms with E-state index < -0.39 is 0 Å². The first kappa shape index (κ1) is 17.3. The number of hydrogen-bond donors (Lipinski definition) is 1. The topological polar surface area (TPSA) is 48.5 Å². The maximum atomic E-state index is 12.6. The summed E-state index contributed by atoms with van der Waals surface area (Å²) in [6.45, 7) is 5.55. The van der Waals surface area contributed by atoms with Gasteiger partial charge in [-0.3, -0.25) is 9.69 Å². The third kappa shape index (κ3) is 3.91. The van der Waals surface area contributed by atoms with Gasteiger partial charge >= 0.3 is 0 Å². The lowest BCUT2D eigenvalue weighted by Gasteiger charge is -2.37. The summed E-state index contributed by atoms with van der Waals surface area (Å²) in [4.78, 5) is 22.6. The maximum absolute atomic E-state index is 12.6. The Kier molecular flexibility index (Phi) is 5.76. The molecule has 1 aliphatic rings. The van der Waals surface area contributed by atoms with Crippen molar-refractivity contribution in [3.05, 3.63) is 35.8 Å². The Hall–Kier alpha value is -1.57. The highest BCUT2D eigenvalue weighted by Crippen LogP contribution is 2.25. The number of hydrogen-bond acceptors (Lipinski definition) is 6. The van der Waals surface area contributed by atoms with Gasteiger partial charge in [0.15, 0.2) is 5.13 Å². The van der Waals surface area contributed by atoms with Gasteiger partial charge in [-0.2, -0.15) is 0 Å². The molecule has 24 heavy (non-hydrogen) atoms. The highest BCUT2D eigenvalue weighted by molar-refractivity contribution is 7.98. The summed E-state index contributed by atoms with van der Waals surface area (Å²) >= 11 is 3.31. The summed E-state index contributed by atoms with van der Waals surface area (Å²) in [6.07, 6.45) is 3.86. The quantitative estimate of drug-likeness (QED) is 0.829. The van der Waals surface area contributed by atoms with E-state index in [9.17, 15) is 4.79 Å². The average molecular weight is 363 g/mol. The van der Waals surface area contributed by atoms with Gasteiger partial charge in [-0.05, 0) is 25.3 Å². The van der Waals surface area contributed by atoms with Crippen LogP contribution in [0.2, 0.25) is 0 Å². The second-order valence-electron chi connectivity index (χ2n) is 5.70. The molecule has 0 bridgehead atoms. The third-order valence-electron chi connectivity index (χ3n) is 4.30. The zero-order chi connectivity index (χ0) is 16.9. The lowest BCUT2D eigenvalue weighted by atomic mass is 10.2. The molecular weight excluding hydrogens is 340 g/mol. The Balaban J connectivity index is 1.56. The van der Waals surface area contributed by atoms with Crippen molar-refractivity contribution >= 4 is 39.8 Å². The van der Waals surface area contributed by atoms with Crippen molar-refractivity contribution in [1.29, 1.82) is 0 Å². The molecule has 1 saturated heterocycles. The van der Waals surface area contributed by atoms with E-state index in [0.717, 1.165) is 41.9 Å². The van der Waals surface area contributed by atoms with Crippen molar-refractivity contribution in [3.63, 3.8) is 0 Å². The number of para-hydroxylation sites is 1. The number of carbonyl (C=O) groups is 1. The van der Waals surface area contributed by atoms with Gasteiger partial charge in [-0.15, -0.1) is 23.1 Å². The lowest BCUT2D eigenvalue weighted by Crippen LogP contribution is -2.52. The van der Waals surface area contributed by atoms with Crippen molar-refractivity contribution in [2.75, 3.05) is 42.7 Å². The number of anilines is 2. The zero-order valence-corrected chi connectivity index (χ0v) is 15.6. The number of thioether (sulfide) groups is 1. The number of nitrogens with zero attached hydrogens (tertiary/aromatic N) is 3. The average Bonchev–Trinajstić information content (AvgIpc) is 3.16. The van der Waals surface area contributed by atoms with Crippen LogP contribution in [-0.2, 0) is 4.79 Å². The van der Waals surface area contributed by atoms with Crippen LogP contribution in [0.5, 0.6) is 0 Å². The fraction of sp³-hybridized carbons (Fsp3) is 0.412. The van der Waals surface area contributed by atoms with Crippen LogP contribution in [0.15, 0.2) is 40.7 Å². The maximum Gasteiger partial charge on any atom is 0.241 e. The van der Waals surface area contributed by atoms with E-state index in [1.165, 1.54) is 0 Å². The van der Waals surface area contributed by atoms with Crippen LogP contribution in [0, 0.1) is 0 Å². The first-order chi connectivity index (χ1) is 11.7. The van der Waals surface area contributed by atoms with Crippen LogP contribution in [0.1, 0.15) is 6.92 Å². The molecule has 1 aromatic carbocycles. The number of rotatable bonds is 5. The Morgan fingerprint density at radius 2 is 2.04 bits per heavy atom. The molecule has 1 N–H and O–H groups in total. The predicted octanol–water partition coefficient (Wildman–Crippen LogP) is 3.01. The second kappa shape index (κ2) is 8.00. The minimum atomic E-state index is -0.140. The number of piperazine rings is 1. The number of benzene rings is 1. The van der Waals surface area contributed by atoms with Crippen molar-refractivity contribution in [3.8, 4) is 0 Å². The zero-order valence-electron chi connectivity index (χ0n) is 13.9. The Labute approximate surface area is 151 Å². The van der Waals surface area contributed by atoms with Gasteiger partial charge in [0.25, 0.3) is 0 Å². The van der Waals surface area contributed by atoms with Gasteiger partial charge in [0.05, 0.1) is 11.7 Å². The number of aromatic nitrogens is 1. The van der Waals surface area contributed by atoms with E-state index in [2.05, 4.69) is 20.1 Å². The third-order valence-corrected chi connectivity index (χ3v) is 5.92. The molecule has 1 aromatic heterocycles. The predicted molar refractivity (Wildman–Crippen MR) is 102 cm³/mol. The van der Waals surface area contributed by atoms with Crippen LogP contribution in [0.3, 0.4) is 0 Å². The van der Waals surface area contributed by atoms with E-state index >= 15 is 0 Å². The van der Waals surface area contributed by atoms with Crippen molar-refractivity contribution in [2.45, 2.75) is 17.9 Å². The molecular formula is C17H22N4OS2. The van der Waals surface area contributed by atoms with Gasteiger partial charge in [0.2, 0.25) is 5.91 Å². The first-order valence-corrected chi connectivity index (χ1v) is 10.1. The smallest absolute Gasteiger partial charge is 0.241 e. The van der Waals surface area contributed by atoms with Crippen LogP contribution < -0.4 is 10.2 Å². The van der Waals surface area contributed by atoms with Crippen LogP contribution in [0.4, 0.5) is 10.8 Å². The largest absolute Gasteiger partial charge is 0.346 e. The Morgan fingerprint density at radius 3 is 2.71 bits per heavy atom. The fourth-order valence-electron chi connectivity index (χ4n) is 2.82. The fourth-order valence-corrected chi connectivity index (χ4v) is 4.07. The van der Waals surface area contributed by atoms with Crippen molar-refractivity contribution in [2.24, 2.45) is 0 Å². The van der Waals surface area contributed by atoms with Crippen LogP contribution in [-0.4, -0.2) is 54.3 Å². The second-order valence-corrected chi connectivity index (χ2v) is 7.42. The summed E-state index contributed by atoms with van der Waals surface area (Å²) < 4.78 is 0. The molecule has 0 aliphatic carbocycles. The lowest BCUT2D eigenvalue weighted by molar-refractivity contribution is -0.120. The SMILES string of the molecule is CSc1ccccc1NC(=O)[C@@H](C)N1CCN(c2nccs2)CC1. The molecule has 2 aromatic rings. The van der Waals surface area contributed by atoms with Gasteiger partial charge in [0.1, 0.15) is 0 Å². The van der Waals surface area contributed by atoms with Crippen LogP contribution >= 0.6 is 23.1 Å². The molecule has 1 aliphatic heterocycles. The van der Waals surface area contributed by atoms with E-state index in [1.807, 2.05) is 49.0 Å². The summed E-state index contributed by atoms with van der Waals surface area (Å²) in [7, 11) is 0. The van der Waals surface area contributed by atoms with Crippen LogP contribution in [0.25, 0.3) is 0 Å². The molecule has 1 atom stereocenters. The summed E-state index contributed by atoms with van der Waals surface area (Å²) in [5.41, 5.74) is 0.892. The number of nitrogens with one attached hydrogen (secondary N) is 1. The molecule has 2 heterocycles. The number of amides is 1. The molecule has 3 rings (SSSR count). The minimum Gasteiger partial charge on any atom is -0.346 e. The molecule has 0 saturated carbocycles. The normalized spacial score (nSPS) is 16.8. The molecule has 0 spiro atoms. The number of carbonyl (C=O) groups excluding carboxylic acids is 1. The molecule has 1 fully saturated rings. The highest BCUT2D eigenvalue weighted by atomic mass is 32.2. The number of thiazole rings is 1. The summed E-state index contributed by atoms with van der Waals surface area (Å²) in [5.74, 6) is 0.0548.